The summed E-state index contributed by atoms with van der Waals surface area (Å²) in [5.41, 5.74) is 5.20. The van der Waals surface area contributed by atoms with Crippen molar-refractivity contribution < 1.29 is 19.8 Å². The van der Waals surface area contributed by atoms with E-state index in [1.807, 2.05) is 12.1 Å². The molecule has 0 spiro atoms. The number of anilines is 1. The van der Waals surface area contributed by atoms with Crippen molar-refractivity contribution in [3.05, 3.63) is 75.0 Å². The maximum atomic E-state index is 12.0. The molecule has 3 rings (SSSR count). The summed E-state index contributed by atoms with van der Waals surface area (Å²) in [6.07, 6.45) is 0. The molecule has 0 amide bonds. The van der Waals surface area contributed by atoms with Crippen LogP contribution in [0.5, 0.6) is 0 Å². The summed E-state index contributed by atoms with van der Waals surface area (Å²) >= 11 is 5.87. The minimum atomic E-state index is -1.55. The van der Waals surface area contributed by atoms with E-state index < -0.39 is 34.4 Å². The van der Waals surface area contributed by atoms with Crippen molar-refractivity contribution in [3.63, 3.8) is 0 Å². The summed E-state index contributed by atoms with van der Waals surface area (Å²) in [4.78, 5) is 37.3. The van der Waals surface area contributed by atoms with Crippen molar-refractivity contribution in [1.82, 2.24) is 4.98 Å². The molecule has 5 N–H and O–H groups in total. The molecule has 1 heterocycles. The van der Waals surface area contributed by atoms with E-state index in [1.165, 1.54) is 12.1 Å². The van der Waals surface area contributed by atoms with E-state index in [1.54, 1.807) is 24.3 Å². The number of H-pyrrole nitrogens is 1. The second kappa shape index (κ2) is 6.97. The number of halogens is 1. The number of carbonyl (C=O) groups is 2. The Morgan fingerprint density at radius 2 is 1.26 bits per heavy atom. The van der Waals surface area contributed by atoms with Crippen molar-refractivity contribution in [2.75, 3.05) is 5.73 Å². The maximum absolute atomic E-state index is 12.0. The van der Waals surface area contributed by atoms with Gasteiger partial charge in [-0.05, 0) is 28.8 Å². The number of aromatic carboxylic acids is 2. The topological polar surface area (TPSA) is 133 Å². The Kier molecular flexibility index (Phi) is 4.70. The number of nitrogens with one attached hydrogen (secondary N) is 1. The molecule has 1 aromatic heterocycles. The van der Waals surface area contributed by atoms with Gasteiger partial charge >= 0.3 is 11.9 Å². The van der Waals surface area contributed by atoms with Crippen molar-refractivity contribution in [2.45, 2.75) is 0 Å². The summed E-state index contributed by atoms with van der Waals surface area (Å²) in [7, 11) is 0. The van der Waals surface area contributed by atoms with Gasteiger partial charge < -0.3 is 20.9 Å². The number of hydrogen-bond acceptors (Lipinski definition) is 4. The van der Waals surface area contributed by atoms with Gasteiger partial charge in [0.15, 0.2) is 0 Å². The van der Waals surface area contributed by atoms with Gasteiger partial charge in [0.2, 0.25) is 0 Å². The summed E-state index contributed by atoms with van der Waals surface area (Å²) in [5, 5.41) is 19.4. The van der Waals surface area contributed by atoms with Crippen LogP contribution in [0, 0.1) is 0 Å². The zero-order chi connectivity index (χ0) is 19.7. The summed E-state index contributed by atoms with van der Waals surface area (Å²) in [6.45, 7) is 0. The molecular formula is C19H13ClN2O5. The first kappa shape index (κ1) is 18.2. The number of nitrogen functional groups attached to an aromatic ring is 1. The number of aromatic amines is 1. The SMILES string of the molecule is Nc1[nH]c(=O)c(C(=O)O)c(-c2ccc(-c3ccc(Cl)cc3)cc2)c1C(=O)O. The first-order valence-electron chi connectivity index (χ1n) is 7.68. The monoisotopic (exact) mass is 384 g/mol. The predicted molar refractivity (Wildman–Crippen MR) is 101 cm³/mol. The lowest BCUT2D eigenvalue weighted by molar-refractivity contribution is 0.0695. The van der Waals surface area contributed by atoms with E-state index in [0.717, 1.165) is 11.1 Å². The largest absolute Gasteiger partial charge is 0.478 e. The molecule has 27 heavy (non-hydrogen) atoms. The van der Waals surface area contributed by atoms with E-state index in [2.05, 4.69) is 4.98 Å². The highest BCUT2D eigenvalue weighted by Gasteiger charge is 2.26. The summed E-state index contributed by atoms with van der Waals surface area (Å²) < 4.78 is 0. The van der Waals surface area contributed by atoms with Gasteiger partial charge in [-0.3, -0.25) is 4.79 Å². The molecule has 3 aromatic rings. The van der Waals surface area contributed by atoms with Crippen molar-refractivity contribution >= 4 is 29.4 Å². The number of carboxylic acid groups (broad SMARTS) is 2. The lowest BCUT2D eigenvalue weighted by Crippen LogP contribution is -2.24. The molecule has 0 unspecified atom stereocenters. The van der Waals surface area contributed by atoms with Crippen molar-refractivity contribution in [3.8, 4) is 22.3 Å². The Hall–Kier alpha value is -3.58. The van der Waals surface area contributed by atoms with E-state index in [4.69, 9.17) is 17.3 Å². The molecule has 0 bridgehead atoms. The lowest BCUT2D eigenvalue weighted by atomic mass is 9.94. The molecule has 8 heteroatoms. The number of aromatic nitrogens is 1. The zero-order valence-corrected chi connectivity index (χ0v) is 14.4. The van der Waals surface area contributed by atoms with Gasteiger partial charge in [0.05, 0.1) is 0 Å². The van der Waals surface area contributed by atoms with Crippen LogP contribution in [0.1, 0.15) is 20.7 Å². The van der Waals surface area contributed by atoms with Gasteiger partial charge in [-0.2, -0.15) is 0 Å². The number of hydrogen-bond donors (Lipinski definition) is 4. The highest BCUT2D eigenvalue weighted by molar-refractivity contribution is 6.30. The smallest absolute Gasteiger partial charge is 0.342 e. The fourth-order valence-electron chi connectivity index (χ4n) is 2.81. The molecule has 0 fully saturated rings. The number of rotatable bonds is 4. The second-order valence-corrected chi connectivity index (χ2v) is 6.12. The molecule has 136 valence electrons. The van der Waals surface area contributed by atoms with Crippen LogP contribution in [-0.2, 0) is 0 Å². The normalized spacial score (nSPS) is 10.6. The molecular weight excluding hydrogens is 372 g/mol. The Balaban J connectivity index is 2.21. The molecule has 0 saturated heterocycles. The van der Waals surface area contributed by atoms with E-state index in [-0.39, 0.29) is 11.1 Å². The fourth-order valence-corrected chi connectivity index (χ4v) is 2.93. The highest BCUT2D eigenvalue weighted by Crippen LogP contribution is 2.31. The van der Waals surface area contributed by atoms with Crippen molar-refractivity contribution in [2.24, 2.45) is 0 Å². The average Bonchev–Trinajstić information content (AvgIpc) is 2.61. The minimum Gasteiger partial charge on any atom is -0.478 e. The van der Waals surface area contributed by atoms with Crippen LogP contribution in [0.25, 0.3) is 22.3 Å². The molecule has 0 aliphatic rings. The molecule has 0 saturated carbocycles. The minimum absolute atomic E-state index is 0.237. The molecule has 7 nitrogen and oxygen atoms in total. The fraction of sp³-hybridized carbons (Fsp3) is 0. The first-order chi connectivity index (χ1) is 12.8. The van der Waals surface area contributed by atoms with E-state index >= 15 is 0 Å². The molecule has 2 aromatic carbocycles. The molecule has 0 aliphatic carbocycles. The van der Waals surface area contributed by atoms with Crippen LogP contribution in [-0.4, -0.2) is 27.1 Å². The van der Waals surface area contributed by atoms with Crippen LogP contribution in [0.3, 0.4) is 0 Å². The Labute approximate surface area is 157 Å². The third kappa shape index (κ3) is 3.40. The third-order valence-electron chi connectivity index (χ3n) is 4.02. The maximum Gasteiger partial charge on any atom is 0.342 e. The number of nitrogens with two attached hydrogens (primary N) is 1. The molecule has 0 aliphatic heterocycles. The lowest BCUT2D eigenvalue weighted by Gasteiger charge is -2.12. The van der Waals surface area contributed by atoms with Crippen LogP contribution >= 0.6 is 11.6 Å². The van der Waals surface area contributed by atoms with Crippen molar-refractivity contribution in [1.29, 1.82) is 0 Å². The zero-order valence-electron chi connectivity index (χ0n) is 13.7. The van der Waals surface area contributed by atoms with Gasteiger partial charge in [-0.25, -0.2) is 9.59 Å². The number of carboxylic acids is 2. The average molecular weight is 385 g/mol. The van der Waals surface area contributed by atoms with Crippen LogP contribution in [0.15, 0.2) is 53.3 Å². The Morgan fingerprint density at radius 3 is 1.74 bits per heavy atom. The Bertz CT molecular complexity index is 1100. The van der Waals surface area contributed by atoms with E-state index in [9.17, 15) is 24.6 Å². The van der Waals surface area contributed by atoms with Gasteiger partial charge in [-0.1, -0.05) is 48.0 Å². The first-order valence-corrected chi connectivity index (χ1v) is 8.06. The van der Waals surface area contributed by atoms with Gasteiger partial charge in [0, 0.05) is 10.6 Å². The highest BCUT2D eigenvalue weighted by atomic mass is 35.5. The third-order valence-corrected chi connectivity index (χ3v) is 4.28. The predicted octanol–water partition coefficient (Wildman–Crippen LogP) is 3.34. The second-order valence-electron chi connectivity index (χ2n) is 5.69. The standard InChI is InChI=1S/C19H13ClN2O5/c20-12-7-5-10(6-8-12)9-1-3-11(4-2-9)13-14(18(24)25)16(21)22-17(23)15(13)19(26)27/h1-8H,(H,24,25)(H,26,27)(H3,21,22,23). The van der Waals surface area contributed by atoms with Gasteiger partial charge in [0.1, 0.15) is 16.9 Å². The molecule has 0 atom stereocenters. The van der Waals surface area contributed by atoms with Gasteiger partial charge in [0.25, 0.3) is 5.56 Å². The quantitative estimate of drug-likeness (QED) is 0.545. The molecule has 0 radical (unpaired) electrons. The number of pyridine rings is 1. The van der Waals surface area contributed by atoms with Crippen LogP contribution < -0.4 is 11.3 Å². The number of benzene rings is 2. The Morgan fingerprint density at radius 1 is 0.815 bits per heavy atom. The summed E-state index contributed by atoms with van der Waals surface area (Å²) in [5.74, 6) is -3.40. The van der Waals surface area contributed by atoms with Crippen LogP contribution in [0.2, 0.25) is 5.02 Å². The van der Waals surface area contributed by atoms with Gasteiger partial charge in [-0.15, -0.1) is 0 Å². The van der Waals surface area contributed by atoms with Crippen LogP contribution in [0.4, 0.5) is 5.82 Å². The summed E-state index contributed by atoms with van der Waals surface area (Å²) in [6, 6.07) is 13.5. The van der Waals surface area contributed by atoms with E-state index in [0.29, 0.717) is 5.02 Å².